The van der Waals surface area contributed by atoms with Gasteiger partial charge in [0.25, 0.3) is 0 Å². The van der Waals surface area contributed by atoms with Gasteiger partial charge in [0.2, 0.25) is 0 Å². The second-order valence-electron chi connectivity index (χ2n) is 7.72. The fraction of sp³-hybridized carbons (Fsp3) is 0.167. The summed E-state index contributed by atoms with van der Waals surface area (Å²) >= 11 is 1.62. The van der Waals surface area contributed by atoms with Gasteiger partial charge in [-0.25, -0.2) is 4.98 Å². The minimum Gasteiger partial charge on any atom is -0.365 e. The fourth-order valence-electron chi connectivity index (χ4n) is 2.97. The highest BCUT2D eigenvalue weighted by Crippen LogP contribution is 2.35. The molecule has 0 aliphatic carbocycles. The number of benzene rings is 1. The van der Waals surface area contributed by atoms with Crippen LogP contribution < -0.4 is 5.32 Å². The predicted molar refractivity (Wildman–Crippen MR) is 119 cm³/mol. The molecule has 0 unspecified atom stereocenters. The van der Waals surface area contributed by atoms with Gasteiger partial charge < -0.3 is 5.32 Å². The Hall–Kier alpha value is -3.54. The van der Waals surface area contributed by atoms with E-state index >= 15 is 0 Å². The number of nitrogens with one attached hydrogen (secondary N) is 1. The minimum atomic E-state index is -0.0911. The third kappa shape index (κ3) is 4.16. The van der Waals surface area contributed by atoms with E-state index in [4.69, 9.17) is 10.2 Å². The van der Waals surface area contributed by atoms with E-state index in [2.05, 4.69) is 54.5 Å². The van der Waals surface area contributed by atoms with Crippen LogP contribution in [0.3, 0.4) is 0 Å². The van der Waals surface area contributed by atoms with Crippen molar-refractivity contribution in [3.8, 4) is 28.5 Å². The number of hydrogen-bond donors (Lipinski definition) is 1. The Labute approximate surface area is 174 Å². The second kappa shape index (κ2) is 7.47. The maximum absolute atomic E-state index is 9.03. The Kier molecular flexibility index (Phi) is 4.84. The van der Waals surface area contributed by atoms with Crippen molar-refractivity contribution in [2.75, 3.05) is 5.32 Å². The van der Waals surface area contributed by atoms with Gasteiger partial charge in [-0.1, -0.05) is 24.0 Å². The number of fused-ring (bicyclic) bond motifs is 1. The van der Waals surface area contributed by atoms with Crippen molar-refractivity contribution in [2.45, 2.75) is 26.3 Å². The smallest absolute Gasteiger partial charge is 0.140 e. The second-order valence-corrected chi connectivity index (χ2v) is 8.80. The molecule has 0 atom stereocenters. The van der Waals surface area contributed by atoms with E-state index in [-0.39, 0.29) is 5.54 Å². The summed E-state index contributed by atoms with van der Waals surface area (Å²) in [7, 11) is 0. The molecule has 5 heteroatoms. The third-order valence-corrected chi connectivity index (χ3v) is 5.19. The third-order valence-electron chi connectivity index (χ3n) is 4.18. The quantitative estimate of drug-likeness (QED) is 0.452. The van der Waals surface area contributed by atoms with Crippen LogP contribution in [-0.2, 0) is 0 Å². The summed E-state index contributed by atoms with van der Waals surface area (Å²) < 4.78 is 2.08. The highest BCUT2D eigenvalue weighted by molar-refractivity contribution is 7.16. The van der Waals surface area contributed by atoms with Crippen molar-refractivity contribution in [3.05, 3.63) is 76.8 Å². The molecule has 0 saturated heterocycles. The van der Waals surface area contributed by atoms with Gasteiger partial charge in [-0.05, 0) is 63.2 Å². The Morgan fingerprint density at radius 3 is 2.62 bits per heavy atom. The first-order valence-electron chi connectivity index (χ1n) is 9.31. The molecule has 3 heterocycles. The molecule has 1 N–H and O–H groups in total. The Morgan fingerprint density at radius 1 is 1.00 bits per heavy atom. The Balaban J connectivity index is 1.72. The van der Waals surface area contributed by atoms with Crippen LogP contribution >= 0.6 is 11.3 Å². The molecular weight excluding hydrogens is 376 g/mol. The SMILES string of the molecule is CC(C)(C)Nc1c(-c2ccc(C#Cc3cccc(C#N)c3)s2)nc2ccccn12. The molecule has 0 amide bonds. The zero-order valence-electron chi connectivity index (χ0n) is 16.5. The maximum atomic E-state index is 9.03. The lowest BCUT2D eigenvalue weighted by atomic mass is 10.1. The summed E-state index contributed by atoms with van der Waals surface area (Å²) in [6, 6.07) is 19.6. The lowest BCUT2D eigenvalue weighted by molar-refractivity contribution is 0.630. The summed E-state index contributed by atoms with van der Waals surface area (Å²) in [5.41, 5.74) is 3.19. The number of pyridine rings is 1. The number of hydrogen-bond acceptors (Lipinski definition) is 4. The molecule has 0 spiro atoms. The average Bonchev–Trinajstić information content (AvgIpc) is 3.30. The van der Waals surface area contributed by atoms with Crippen LogP contribution in [0, 0.1) is 23.2 Å². The molecule has 0 radical (unpaired) electrons. The molecule has 4 nitrogen and oxygen atoms in total. The molecular formula is C24H20N4S. The molecule has 0 saturated carbocycles. The molecule has 3 aromatic heterocycles. The van der Waals surface area contributed by atoms with Crippen LogP contribution in [0.5, 0.6) is 0 Å². The van der Waals surface area contributed by atoms with Crippen molar-refractivity contribution >= 4 is 22.8 Å². The number of rotatable bonds is 2. The van der Waals surface area contributed by atoms with Crippen LogP contribution in [0.2, 0.25) is 0 Å². The number of thiophene rings is 1. The molecule has 0 fully saturated rings. The summed E-state index contributed by atoms with van der Waals surface area (Å²) in [4.78, 5) is 6.87. The average molecular weight is 397 g/mol. The lowest BCUT2D eigenvalue weighted by Crippen LogP contribution is -2.27. The van der Waals surface area contributed by atoms with Crippen LogP contribution in [0.25, 0.3) is 16.2 Å². The number of nitriles is 1. The number of aromatic nitrogens is 2. The van der Waals surface area contributed by atoms with Crippen LogP contribution in [0.15, 0.2) is 60.8 Å². The van der Waals surface area contributed by atoms with E-state index in [1.54, 1.807) is 23.5 Å². The maximum Gasteiger partial charge on any atom is 0.140 e. The van der Waals surface area contributed by atoms with Crippen molar-refractivity contribution in [1.82, 2.24) is 9.38 Å². The molecule has 0 aliphatic rings. The lowest BCUT2D eigenvalue weighted by Gasteiger charge is -2.22. The molecule has 0 bridgehead atoms. The summed E-state index contributed by atoms with van der Waals surface area (Å²) in [6.07, 6.45) is 2.02. The van der Waals surface area contributed by atoms with Gasteiger partial charge in [0.1, 0.15) is 17.2 Å². The molecule has 142 valence electrons. The van der Waals surface area contributed by atoms with Gasteiger partial charge in [-0.15, -0.1) is 11.3 Å². The van der Waals surface area contributed by atoms with E-state index < -0.39 is 0 Å². The topological polar surface area (TPSA) is 53.1 Å². The van der Waals surface area contributed by atoms with Gasteiger partial charge in [0.15, 0.2) is 0 Å². The normalized spacial score (nSPS) is 11.0. The molecule has 4 rings (SSSR count). The van der Waals surface area contributed by atoms with Gasteiger partial charge in [0.05, 0.1) is 21.4 Å². The first kappa shape index (κ1) is 18.8. The van der Waals surface area contributed by atoms with E-state index in [0.717, 1.165) is 32.5 Å². The summed E-state index contributed by atoms with van der Waals surface area (Å²) in [6.45, 7) is 6.42. The highest BCUT2D eigenvalue weighted by Gasteiger charge is 2.20. The standard InChI is InChI=1S/C24H20N4S/c1-24(2,3)27-23-22(26-21-9-4-5-14-28(21)23)20-13-12-19(29-20)11-10-17-7-6-8-18(15-17)16-25/h4-9,12-15,27H,1-3H3. The number of anilines is 1. The van der Waals surface area contributed by atoms with E-state index in [1.807, 2.05) is 42.6 Å². The van der Waals surface area contributed by atoms with Crippen LogP contribution in [0.1, 0.15) is 36.8 Å². The molecule has 0 aliphatic heterocycles. The summed E-state index contributed by atoms with van der Waals surface area (Å²) in [5.74, 6) is 7.34. The van der Waals surface area contributed by atoms with Crippen molar-refractivity contribution in [2.24, 2.45) is 0 Å². The van der Waals surface area contributed by atoms with Gasteiger partial charge >= 0.3 is 0 Å². The number of nitrogens with zero attached hydrogens (tertiary/aromatic N) is 3. The molecule has 4 aromatic rings. The van der Waals surface area contributed by atoms with Crippen molar-refractivity contribution < 1.29 is 0 Å². The predicted octanol–water partition coefficient (Wildman–Crippen LogP) is 5.54. The van der Waals surface area contributed by atoms with E-state index in [0.29, 0.717) is 5.56 Å². The van der Waals surface area contributed by atoms with Gasteiger partial charge in [-0.3, -0.25) is 4.40 Å². The summed E-state index contributed by atoms with van der Waals surface area (Å²) in [5, 5.41) is 12.6. The van der Waals surface area contributed by atoms with Crippen LogP contribution in [0.4, 0.5) is 5.82 Å². The zero-order valence-corrected chi connectivity index (χ0v) is 17.3. The minimum absolute atomic E-state index is 0.0911. The fourth-order valence-corrected chi connectivity index (χ4v) is 3.83. The monoisotopic (exact) mass is 396 g/mol. The van der Waals surface area contributed by atoms with E-state index in [1.165, 1.54) is 0 Å². The first-order chi connectivity index (χ1) is 13.9. The van der Waals surface area contributed by atoms with Crippen molar-refractivity contribution in [3.63, 3.8) is 0 Å². The van der Waals surface area contributed by atoms with Crippen molar-refractivity contribution in [1.29, 1.82) is 5.26 Å². The Morgan fingerprint density at radius 2 is 1.83 bits per heavy atom. The largest absolute Gasteiger partial charge is 0.365 e. The highest BCUT2D eigenvalue weighted by atomic mass is 32.1. The molecule has 29 heavy (non-hydrogen) atoms. The van der Waals surface area contributed by atoms with Gasteiger partial charge in [-0.2, -0.15) is 5.26 Å². The number of imidazole rings is 1. The van der Waals surface area contributed by atoms with E-state index in [9.17, 15) is 0 Å². The first-order valence-corrected chi connectivity index (χ1v) is 10.1. The van der Waals surface area contributed by atoms with Gasteiger partial charge in [0, 0.05) is 17.3 Å². The molecule has 1 aromatic carbocycles. The zero-order chi connectivity index (χ0) is 20.4. The Bertz CT molecular complexity index is 1290. The van der Waals surface area contributed by atoms with Crippen LogP contribution in [-0.4, -0.2) is 14.9 Å².